The van der Waals surface area contributed by atoms with Crippen LogP contribution in [0, 0.1) is 0 Å². The molecule has 1 fully saturated rings. The van der Waals surface area contributed by atoms with E-state index in [2.05, 4.69) is 10.3 Å². The molecule has 0 saturated carbocycles. The third-order valence-corrected chi connectivity index (χ3v) is 3.53. The summed E-state index contributed by atoms with van der Waals surface area (Å²) in [6.07, 6.45) is 1.30. The maximum absolute atomic E-state index is 11.2. The third-order valence-electron chi connectivity index (χ3n) is 3.53. The number of piperidine rings is 1. The maximum Gasteiger partial charge on any atom is 0.220 e. The SMILES string of the molecule is COc1ccc2nc(N)n(C3CCC(=O)NC3)c2c1. The van der Waals surface area contributed by atoms with Crippen LogP contribution in [0.2, 0.25) is 0 Å². The fourth-order valence-electron chi connectivity index (χ4n) is 2.54. The number of nitrogens with one attached hydrogen (secondary N) is 1. The zero-order valence-electron chi connectivity index (χ0n) is 10.7. The zero-order valence-corrected chi connectivity index (χ0v) is 10.7. The van der Waals surface area contributed by atoms with Gasteiger partial charge in [-0.25, -0.2) is 4.98 Å². The van der Waals surface area contributed by atoms with Gasteiger partial charge in [-0.3, -0.25) is 4.79 Å². The molecule has 1 unspecified atom stereocenters. The van der Waals surface area contributed by atoms with E-state index >= 15 is 0 Å². The minimum atomic E-state index is 0.0943. The summed E-state index contributed by atoms with van der Waals surface area (Å²) in [6.45, 7) is 0.589. The molecular weight excluding hydrogens is 244 g/mol. The van der Waals surface area contributed by atoms with Gasteiger partial charge in [0.15, 0.2) is 0 Å². The molecule has 100 valence electrons. The van der Waals surface area contributed by atoms with Gasteiger partial charge in [0.1, 0.15) is 5.75 Å². The number of hydrogen-bond acceptors (Lipinski definition) is 4. The van der Waals surface area contributed by atoms with Crippen molar-refractivity contribution in [2.45, 2.75) is 18.9 Å². The Labute approximate surface area is 110 Å². The molecule has 0 spiro atoms. The number of fused-ring (bicyclic) bond motifs is 1. The topological polar surface area (TPSA) is 82.2 Å². The van der Waals surface area contributed by atoms with E-state index in [-0.39, 0.29) is 11.9 Å². The number of nitrogens with zero attached hydrogens (tertiary/aromatic N) is 2. The number of methoxy groups -OCH3 is 1. The van der Waals surface area contributed by atoms with Crippen molar-refractivity contribution in [2.24, 2.45) is 0 Å². The summed E-state index contributed by atoms with van der Waals surface area (Å²) in [6, 6.07) is 5.83. The Bertz CT molecular complexity index is 625. The van der Waals surface area contributed by atoms with Crippen LogP contribution in [0.25, 0.3) is 11.0 Å². The Morgan fingerprint density at radius 2 is 2.37 bits per heavy atom. The molecule has 19 heavy (non-hydrogen) atoms. The largest absolute Gasteiger partial charge is 0.497 e. The third kappa shape index (κ3) is 1.99. The van der Waals surface area contributed by atoms with E-state index in [9.17, 15) is 4.79 Å². The van der Waals surface area contributed by atoms with Crippen molar-refractivity contribution in [3.63, 3.8) is 0 Å². The van der Waals surface area contributed by atoms with Crippen LogP contribution in [-0.2, 0) is 4.79 Å². The Morgan fingerprint density at radius 3 is 3.05 bits per heavy atom. The van der Waals surface area contributed by atoms with Crippen molar-refractivity contribution < 1.29 is 9.53 Å². The lowest BCUT2D eigenvalue weighted by Crippen LogP contribution is -2.36. The number of carbonyl (C=O) groups excluding carboxylic acids is 1. The highest BCUT2D eigenvalue weighted by Crippen LogP contribution is 2.29. The molecule has 0 aliphatic carbocycles. The molecule has 3 N–H and O–H groups in total. The predicted octanol–water partition coefficient (Wildman–Crippen LogP) is 1.08. The lowest BCUT2D eigenvalue weighted by atomic mass is 10.1. The van der Waals surface area contributed by atoms with Crippen molar-refractivity contribution in [2.75, 3.05) is 19.4 Å². The lowest BCUT2D eigenvalue weighted by Gasteiger charge is -2.25. The number of anilines is 1. The van der Waals surface area contributed by atoms with E-state index in [1.54, 1.807) is 7.11 Å². The van der Waals surface area contributed by atoms with Gasteiger partial charge in [-0.1, -0.05) is 0 Å². The van der Waals surface area contributed by atoms with Gasteiger partial charge < -0.3 is 20.4 Å². The van der Waals surface area contributed by atoms with E-state index in [4.69, 9.17) is 10.5 Å². The normalized spacial score (nSPS) is 19.4. The Morgan fingerprint density at radius 1 is 1.53 bits per heavy atom. The molecule has 6 heteroatoms. The summed E-state index contributed by atoms with van der Waals surface area (Å²) in [5, 5.41) is 2.87. The van der Waals surface area contributed by atoms with Gasteiger partial charge >= 0.3 is 0 Å². The second kappa shape index (κ2) is 4.46. The Hall–Kier alpha value is -2.24. The molecule has 1 saturated heterocycles. The number of nitrogen functional groups attached to an aromatic ring is 1. The van der Waals surface area contributed by atoms with Gasteiger partial charge in [-0.15, -0.1) is 0 Å². The van der Waals surface area contributed by atoms with E-state index in [0.29, 0.717) is 18.9 Å². The van der Waals surface area contributed by atoms with Crippen molar-refractivity contribution >= 4 is 22.9 Å². The lowest BCUT2D eigenvalue weighted by molar-refractivity contribution is -0.122. The molecule has 2 aromatic rings. The van der Waals surface area contributed by atoms with Gasteiger partial charge in [0.25, 0.3) is 0 Å². The molecule has 2 heterocycles. The summed E-state index contributed by atoms with van der Waals surface area (Å²) in [4.78, 5) is 15.6. The van der Waals surface area contributed by atoms with Gasteiger partial charge in [0.05, 0.1) is 24.2 Å². The Kier molecular flexibility index (Phi) is 2.77. The summed E-state index contributed by atoms with van der Waals surface area (Å²) < 4.78 is 7.22. The molecule has 1 aliphatic heterocycles. The molecule has 3 rings (SSSR count). The van der Waals surface area contributed by atoms with Gasteiger partial charge in [-0.05, 0) is 18.6 Å². The average molecular weight is 260 g/mol. The zero-order chi connectivity index (χ0) is 13.4. The van der Waals surface area contributed by atoms with E-state index < -0.39 is 0 Å². The first kappa shape index (κ1) is 11.8. The van der Waals surface area contributed by atoms with Crippen LogP contribution in [0.15, 0.2) is 18.2 Å². The van der Waals surface area contributed by atoms with Crippen LogP contribution in [0.1, 0.15) is 18.9 Å². The maximum atomic E-state index is 11.2. The summed E-state index contributed by atoms with van der Waals surface area (Å²) >= 11 is 0. The van der Waals surface area contributed by atoms with Crippen molar-refractivity contribution in [3.8, 4) is 5.75 Å². The molecule has 0 bridgehead atoms. The summed E-state index contributed by atoms with van der Waals surface area (Å²) in [5.74, 6) is 1.34. The summed E-state index contributed by atoms with van der Waals surface area (Å²) in [7, 11) is 1.63. The molecule has 1 aromatic heterocycles. The first-order valence-corrected chi connectivity index (χ1v) is 6.27. The van der Waals surface area contributed by atoms with Crippen LogP contribution in [-0.4, -0.2) is 29.1 Å². The molecule has 1 atom stereocenters. The number of hydrogen-bond donors (Lipinski definition) is 2. The molecule has 1 aliphatic rings. The number of ether oxygens (including phenoxy) is 1. The highest BCUT2D eigenvalue weighted by atomic mass is 16.5. The first-order chi connectivity index (χ1) is 9.19. The first-order valence-electron chi connectivity index (χ1n) is 6.27. The van der Waals surface area contributed by atoms with Crippen LogP contribution < -0.4 is 15.8 Å². The second-order valence-electron chi connectivity index (χ2n) is 4.69. The fourth-order valence-corrected chi connectivity index (χ4v) is 2.54. The number of aromatic nitrogens is 2. The molecular formula is C13H16N4O2. The van der Waals surface area contributed by atoms with Crippen molar-refractivity contribution in [1.29, 1.82) is 0 Å². The highest BCUT2D eigenvalue weighted by Gasteiger charge is 2.23. The minimum absolute atomic E-state index is 0.0943. The van der Waals surface area contributed by atoms with Gasteiger partial charge in [0, 0.05) is 19.0 Å². The molecule has 1 aromatic carbocycles. The van der Waals surface area contributed by atoms with Crippen LogP contribution in [0.3, 0.4) is 0 Å². The Balaban J connectivity index is 2.06. The molecule has 0 radical (unpaired) electrons. The quantitative estimate of drug-likeness (QED) is 0.846. The number of imidazole rings is 1. The number of rotatable bonds is 2. The second-order valence-corrected chi connectivity index (χ2v) is 4.69. The predicted molar refractivity (Wildman–Crippen MR) is 72.0 cm³/mol. The average Bonchev–Trinajstić information content (AvgIpc) is 2.75. The van der Waals surface area contributed by atoms with Crippen LogP contribution >= 0.6 is 0 Å². The molecule has 1 amide bonds. The van der Waals surface area contributed by atoms with Crippen molar-refractivity contribution in [1.82, 2.24) is 14.9 Å². The fraction of sp³-hybridized carbons (Fsp3) is 0.385. The monoisotopic (exact) mass is 260 g/mol. The van der Waals surface area contributed by atoms with Crippen LogP contribution in [0.5, 0.6) is 5.75 Å². The van der Waals surface area contributed by atoms with E-state index in [1.807, 2.05) is 22.8 Å². The smallest absolute Gasteiger partial charge is 0.220 e. The molecule has 6 nitrogen and oxygen atoms in total. The number of amides is 1. The standard InChI is InChI=1S/C13H16N4O2/c1-19-9-3-4-10-11(6-9)17(13(14)16-10)8-2-5-12(18)15-7-8/h3-4,6,8H,2,5,7H2,1H3,(H2,14,16)(H,15,18). The van der Waals surface area contributed by atoms with E-state index in [0.717, 1.165) is 23.2 Å². The van der Waals surface area contributed by atoms with Crippen molar-refractivity contribution in [3.05, 3.63) is 18.2 Å². The summed E-state index contributed by atoms with van der Waals surface area (Å²) in [5.41, 5.74) is 7.79. The van der Waals surface area contributed by atoms with Crippen LogP contribution in [0.4, 0.5) is 5.95 Å². The number of benzene rings is 1. The number of carbonyl (C=O) groups is 1. The number of nitrogens with two attached hydrogens (primary N) is 1. The van der Waals surface area contributed by atoms with E-state index in [1.165, 1.54) is 0 Å². The highest BCUT2D eigenvalue weighted by molar-refractivity contribution is 5.81. The van der Waals surface area contributed by atoms with Gasteiger partial charge in [0.2, 0.25) is 11.9 Å². The minimum Gasteiger partial charge on any atom is -0.497 e. The van der Waals surface area contributed by atoms with Gasteiger partial charge in [-0.2, -0.15) is 0 Å².